The molecular weight excluding hydrogens is 284 g/mol. The van der Waals surface area contributed by atoms with Crippen LogP contribution in [-0.4, -0.2) is 17.7 Å². The van der Waals surface area contributed by atoms with Crippen molar-refractivity contribution in [1.82, 2.24) is 0 Å². The van der Waals surface area contributed by atoms with Crippen LogP contribution in [0.5, 0.6) is 5.75 Å². The van der Waals surface area contributed by atoms with Gasteiger partial charge in [0.05, 0.1) is 12.2 Å². The minimum Gasteiger partial charge on any atom is -0.508 e. The van der Waals surface area contributed by atoms with E-state index in [1.54, 1.807) is 6.92 Å². The van der Waals surface area contributed by atoms with E-state index in [4.69, 9.17) is 4.74 Å². The van der Waals surface area contributed by atoms with Gasteiger partial charge in [-0.2, -0.15) is 0 Å². The van der Waals surface area contributed by atoms with Crippen molar-refractivity contribution in [3.05, 3.63) is 27.2 Å². The van der Waals surface area contributed by atoms with E-state index in [0.29, 0.717) is 12.2 Å². The van der Waals surface area contributed by atoms with Crippen LogP contribution in [0.4, 0.5) is 0 Å². The number of fused-ring (bicyclic) bond motifs is 1. The molecule has 0 atom stereocenters. The van der Waals surface area contributed by atoms with Crippen LogP contribution in [0.2, 0.25) is 0 Å². The number of esters is 1. The lowest BCUT2D eigenvalue weighted by atomic mass is 9.89. The predicted molar refractivity (Wildman–Crippen MR) is 68.4 cm³/mol. The molecule has 0 amide bonds. The number of ether oxygens (including phenoxy) is 1. The summed E-state index contributed by atoms with van der Waals surface area (Å²) in [5.74, 6) is -0.172. The first-order chi connectivity index (χ1) is 8.15. The molecule has 92 valence electrons. The highest BCUT2D eigenvalue weighted by Gasteiger charge is 2.22. The molecule has 0 saturated heterocycles. The van der Waals surface area contributed by atoms with Crippen LogP contribution in [0.1, 0.15) is 41.3 Å². The van der Waals surface area contributed by atoms with Crippen molar-refractivity contribution in [1.29, 1.82) is 0 Å². The number of aromatic hydroxyl groups is 1. The fourth-order valence-corrected chi connectivity index (χ4v) is 2.95. The summed E-state index contributed by atoms with van der Waals surface area (Å²) in [5.41, 5.74) is 2.44. The molecule has 0 radical (unpaired) electrons. The molecule has 0 fully saturated rings. The molecule has 0 aliphatic heterocycles. The number of hydrogen-bond donors (Lipinski definition) is 1. The zero-order valence-electron chi connectivity index (χ0n) is 9.75. The van der Waals surface area contributed by atoms with Gasteiger partial charge in [0.25, 0.3) is 0 Å². The number of hydrogen-bond acceptors (Lipinski definition) is 3. The molecule has 2 rings (SSSR count). The Kier molecular flexibility index (Phi) is 3.72. The maximum Gasteiger partial charge on any atom is 0.339 e. The molecule has 0 saturated carbocycles. The average Bonchev–Trinajstić information content (AvgIpc) is 2.34. The number of phenols is 1. The Labute approximate surface area is 109 Å². The molecule has 1 aromatic carbocycles. The van der Waals surface area contributed by atoms with Gasteiger partial charge in [-0.05, 0) is 65.7 Å². The quantitative estimate of drug-likeness (QED) is 0.853. The third-order valence-electron chi connectivity index (χ3n) is 3.05. The van der Waals surface area contributed by atoms with E-state index >= 15 is 0 Å². The van der Waals surface area contributed by atoms with Crippen molar-refractivity contribution >= 4 is 21.9 Å². The summed E-state index contributed by atoms with van der Waals surface area (Å²) in [6.45, 7) is 2.10. The first kappa shape index (κ1) is 12.4. The minimum atomic E-state index is -0.386. The van der Waals surface area contributed by atoms with Crippen LogP contribution in [0.15, 0.2) is 10.5 Å². The zero-order valence-corrected chi connectivity index (χ0v) is 11.3. The number of phenolic OH excluding ortho intramolecular Hbond substituents is 1. The standard InChI is InChI=1S/C13H15BrO3/c1-2-17-13(16)10-7-11(15)8-5-3-4-6-9(8)12(10)14/h7,15H,2-6H2,1H3. The fraction of sp³-hybridized carbons (Fsp3) is 0.462. The Morgan fingerprint density at radius 3 is 2.71 bits per heavy atom. The lowest BCUT2D eigenvalue weighted by Gasteiger charge is -2.20. The van der Waals surface area contributed by atoms with Crippen molar-refractivity contribution in [3.8, 4) is 5.75 Å². The third kappa shape index (κ3) is 2.32. The second-order valence-corrected chi connectivity index (χ2v) is 4.93. The van der Waals surface area contributed by atoms with Gasteiger partial charge in [-0.15, -0.1) is 0 Å². The summed E-state index contributed by atoms with van der Waals surface area (Å²) in [6, 6.07) is 1.51. The number of halogens is 1. The lowest BCUT2D eigenvalue weighted by molar-refractivity contribution is 0.0524. The zero-order chi connectivity index (χ0) is 12.4. The maximum atomic E-state index is 11.7. The molecule has 1 aromatic rings. The molecule has 17 heavy (non-hydrogen) atoms. The Hall–Kier alpha value is -1.03. The van der Waals surface area contributed by atoms with E-state index < -0.39 is 0 Å². The van der Waals surface area contributed by atoms with Crippen LogP contribution >= 0.6 is 15.9 Å². The van der Waals surface area contributed by atoms with E-state index in [1.165, 1.54) is 6.07 Å². The van der Waals surface area contributed by atoms with Gasteiger partial charge < -0.3 is 9.84 Å². The molecular formula is C13H15BrO3. The SMILES string of the molecule is CCOC(=O)c1cc(O)c2c(c1Br)CCCC2. The predicted octanol–water partition coefficient (Wildman–Crippen LogP) is 3.21. The Morgan fingerprint density at radius 1 is 1.41 bits per heavy atom. The van der Waals surface area contributed by atoms with Crippen molar-refractivity contribution in [2.45, 2.75) is 32.6 Å². The Bertz CT molecular complexity index is 454. The second kappa shape index (κ2) is 5.08. The van der Waals surface area contributed by atoms with Crippen LogP contribution in [0, 0.1) is 0 Å². The van der Waals surface area contributed by atoms with E-state index in [9.17, 15) is 9.90 Å². The molecule has 0 heterocycles. The highest BCUT2D eigenvalue weighted by Crippen LogP contribution is 2.37. The monoisotopic (exact) mass is 298 g/mol. The summed E-state index contributed by atoms with van der Waals surface area (Å²) >= 11 is 3.46. The minimum absolute atomic E-state index is 0.214. The molecule has 0 spiro atoms. The van der Waals surface area contributed by atoms with Gasteiger partial charge >= 0.3 is 5.97 Å². The van der Waals surface area contributed by atoms with Crippen molar-refractivity contribution in [2.75, 3.05) is 6.61 Å². The lowest BCUT2D eigenvalue weighted by Crippen LogP contribution is -2.11. The van der Waals surface area contributed by atoms with Crippen LogP contribution < -0.4 is 0 Å². The topological polar surface area (TPSA) is 46.5 Å². The fourth-order valence-electron chi connectivity index (χ4n) is 2.24. The first-order valence-corrected chi connectivity index (χ1v) is 6.64. The van der Waals surface area contributed by atoms with E-state index in [1.807, 2.05) is 0 Å². The van der Waals surface area contributed by atoms with Crippen molar-refractivity contribution < 1.29 is 14.6 Å². The smallest absolute Gasteiger partial charge is 0.339 e. The van der Waals surface area contributed by atoms with Gasteiger partial charge in [0.2, 0.25) is 0 Å². The third-order valence-corrected chi connectivity index (χ3v) is 3.96. The molecule has 1 aliphatic carbocycles. The molecule has 1 N–H and O–H groups in total. The van der Waals surface area contributed by atoms with E-state index in [2.05, 4.69) is 15.9 Å². The molecule has 0 aromatic heterocycles. The van der Waals surface area contributed by atoms with Gasteiger partial charge in [-0.3, -0.25) is 0 Å². The van der Waals surface area contributed by atoms with Gasteiger partial charge in [0.15, 0.2) is 0 Å². The number of carbonyl (C=O) groups is 1. The molecule has 0 bridgehead atoms. The van der Waals surface area contributed by atoms with E-state index in [0.717, 1.165) is 41.3 Å². The number of carbonyl (C=O) groups excluding carboxylic acids is 1. The van der Waals surface area contributed by atoms with Gasteiger partial charge in [0.1, 0.15) is 5.75 Å². The average molecular weight is 299 g/mol. The molecule has 4 heteroatoms. The van der Waals surface area contributed by atoms with Gasteiger partial charge in [-0.25, -0.2) is 4.79 Å². The van der Waals surface area contributed by atoms with Crippen molar-refractivity contribution in [2.24, 2.45) is 0 Å². The van der Waals surface area contributed by atoms with Crippen molar-refractivity contribution in [3.63, 3.8) is 0 Å². The largest absolute Gasteiger partial charge is 0.508 e. The number of rotatable bonds is 2. The van der Waals surface area contributed by atoms with Crippen LogP contribution in [0.3, 0.4) is 0 Å². The molecule has 1 aliphatic rings. The summed E-state index contributed by atoms with van der Waals surface area (Å²) in [7, 11) is 0. The molecule has 0 unspecified atom stereocenters. The first-order valence-electron chi connectivity index (χ1n) is 5.85. The molecule has 3 nitrogen and oxygen atoms in total. The highest BCUT2D eigenvalue weighted by atomic mass is 79.9. The van der Waals surface area contributed by atoms with Gasteiger partial charge in [-0.1, -0.05) is 0 Å². The highest BCUT2D eigenvalue weighted by molar-refractivity contribution is 9.10. The number of benzene rings is 1. The Balaban J connectivity index is 2.48. The van der Waals surface area contributed by atoms with Crippen LogP contribution in [-0.2, 0) is 17.6 Å². The van der Waals surface area contributed by atoms with E-state index in [-0.39, 0.29) is 11.7 Å². The second-order valence-electron chi connectivity index (χ2n) is 4.14. The van der Waals surface area contributed by atoms with Gasteiger partial charge in [0, 0.05) is 4.47 Å². The normalized spacial score (nSPS) is 14.2. The summed E-state index contributed by atoms with van der Waals surface area (Å²) in [5, 5.41) is 9.95. The Morgan fingerprint density at radius 2 is 2.06 bits per heavy atom. The maximum absolute atomic E-state index is 11.7. The van der Waals surface area contributed by atoms with Crippen LogP contribution in [0.25, 0.3) is 0 Å². The summed E-state index contributed by atoms with van der Waals surface area (Å²) in [4.78, 5) is 11.7. The summed E-state index contributed by atoms with van der Waals surface area (Å²) < 4.78 is 5.76. The summed E-state index contributed by atoms with van der Waals surface area (Å²) in [6.07, 6.45) is 3.96.